The monoisotopic (exact) mass is 327 g/mol. The van der Waals surface area contributed by atoms with E-state index >= 15 is 0 Å². The Labute approximate surface area is 140 Å². The number of carbonyl (C=O) groups is 2. The Morgan fingerprint density at radius 3 is 2.54 bits per heavy atom. The molecule has 0 spiro atoms. The molecule has 1 amide bonds. The van der Waals surface area contributed by atoms with E-state index in [2.05, 4.69) is 10.4 Å². The normalized spacial score (nSPS) is 14.8. The van der Waals surface area contributed by atoms with Crippen LogP contribution in [-0.2, 0) is 17.6 Å². The van der Waals surface area contributed by atoms with Crippen LogP contribution in [0, 0.1) is 6.92 Å². The standard InChI is InChI=1S/C18H21N3O3/c1-11-7-9-13(10-8-11)21-15-6-4-3-5-14(15)16(20-21)17(22)19-12(2)18(23)24/h7-10,12H,3-6H2,1-2H3,(H,19,22)(H,23,24)/t12-/m0/s1. The molecule has 1 aliphatic carbocycles. The smallest absolute Gasteiger partial charge is 0.325 e. The Kier molecular flexibility index (Phi) is 4.38. The molecule has 1 atom stereocenters. The molecule has 2 aromatic rings. The molecule has 6 heteroatoms. The molecule has 126 valence electrons. The Bertz CT molecular complexity index is 778. The molecule has 1 aromatic carbocycles. The fourth-order valence-electron chi connectivity index (χ4n) is 3.01. The van der Waals surface area contributed by atoms with Crippen molar-refractivity contribution < 1.29 is 14.7 Å². The maximum atomic E-state index is 12.5. The van der Waals surface area contributed by atoms with Crippen LogP contribution >= 0.6 is 0 Å². The van der Waals surface area contributed by atoms with E-state index in [1.54, 1.807) is 0 Å². The van der Waals surface area contributed by atoms with Crippen LogP contribution in [0.2, 0.25) is 0 Å². The van der Waals surface area contributed by atoms with Gasteiger partial charge in [0.25, 0.3) is 5.91 Å². The van der Waals surface area contributed by atoms with Crippen LogP contribution in [0.5, 0.6) is 0 Å². The van der Waals surface area contributed by atoms with Crippen LogP contribution in [0.25, 0.3) is 5.69 Å². The number of carbonyl (C=O) groups excluding carboxylic acids is 1. The van der Waals surface area contributed by atoms with Crippen LogP contribution in [0.1, 0.15) is 47.1 Å². The molecule has 1 aliphatic rings. The molecule has 24 heavy (non-hydrogen) atoms. The average molecular weight is 327 g/mol. The highest BCUT2D eigenvalue weighted by Gasteiger charge is 2.27. The third kappa shape index (κ3) is 3.04. The van der Waals surface area contributed by atoms with E-state index in [1.807, 2.05) is 35.9 Å². The fourth-order valence-corrected chi connectivity index (χ4v) is 3.01. The van der Waals surface area contributed by atoms with Crippen molar-refractivity contribution >= 4 is 11.9 Å². The first-order valence-electron chi connectivity index (χ1n) is 8.19. The highest BCUT2D eigenvalue weighted by Crippen LogP contribution is 2.27. The Balaban J connectivity index is 2.00. The summed E-state index contributed by atoms with van der Waals surface area (Å²) in [7, 11) is 0. The first-order valence-corrected chi connectivity index (χ1v) is 8.19. The van der Waals surface area contributed by atoms with Crippen LogP contribution < -0.4 is 5.32 Å². The summed E-state index contributed by atoms with van der Waals surface area (Å²) in [5.74, 6) is -1.48. The predicted octanol–water partition coefficient (Wildman–Crippen LogP) is 2.26. The SMILES string of the molecule is Cc1ccc(-n2nc(C(=O)N[C@@H](C)C(=O)O)c3c2CCCC3)cc1. The number of nitrogens with one attached hydrogen (secondary N) is 1. The number of carboxylic acids is 1. The number of aliphatic carboxylic acids is 1. The zero-order chi connectivity index (χ0) is 17.3. The molecule has 0 bridgehead atoms. The van der Waals surface area contributed by atoms with Crippen LogP contribution in [0.4, 0.5) is 0 Å². The lowest BCUT2D eigenvalue weighted by atomic mass is 9.95. The summed E-state index contributed by atoms with van der Waals surface area (Å²) in [5, 5.41) is 16.0. The van der Waals surface area contributed by atoms with E-state index in [4.69, 9.17) is 5.11 Å². The Morgan fingerprint density at radius 1 is 1.21 bits per heavy atom. The first kappa shape index (κ1) is 16.2. The van der Waals surface area contributed by atoms with Gasteiger partial charge in [-0.25, -0.2) is 4.68 Å². The average Bonchev–Trinajstić information content (AvgIpc) is 2.95. The lowest BCUT2D eigenvalue weighted by Crippen LogP contribution is -2.39. The summed E-state index contributed by atoms with van der Waals surface area (Å²) in [6.45, 7) is 3.47. The third-order valence-corrected chi connectivity index (χ3v) is 4.39. The van der Waals surface area contributed by atoms with E-state index < -0.39 is 17.9 Å². The fraction of sp³-hybridized carbons (Fsp3) is 0.389. The van der Waals surface area contributed by atoms with Crippen molar-refractivity contribution in [2.24, 2.45) is 0 Å². The van der Waals surface area contributed by atoms with E-state index in [0.717, 1.165) is 48.2 Å². The zero-order valence-corrected chi connectivity index (χ0v) is 13.9. The van der Waals surface area contributed by atoms with Gasteiger partial charge in [0.05, 0.1) is 5.69 Å². The third-order valence-electron chi connectivity index (χ3n) is 4.39. The van der Waals surface area contributed by atoms with E-state index in [9.17, 15) is 9.59 Å². The minimum Gasteiger partial charge on any atom is -0.480 e. The van der Waals surface area contributed by atoms with Gasteiger partial charge in [-0.05, 0) is 51.7 Å². The van der Waals surface area contributed by atoms with Gasteiger partial charge in [0.15, 0.2) is 5.69 Å². The van der Waals surface area contributed by atoms with Gasteiger partial charge in [-0.15, -0.1) is 0 Å². The number of fused-ring (bicyclic) bond motifs is 1. The minimum atomic E-state index is -1.06. The predicted molar refractivity (Wildman–Crippen MR) is 89.5 cm³/mol. The first-order chi connectivity index (χ1) is 11.5. The van der Waals surface area contributed by atoms with Gasteiger partial charge >= 0.3 is 5.97 Å². The second-order valence-electron chi connectivity index (χ2n) is 6.26. The van der Waals surface area contributed by atoms with Gasteiger partial charge in [-0.2, -0.15) is 5.10 Å². The number of hydrogen-bond acceptors (Lipinski definition) is 3. The Hall–Kier alpha value is -2.63. The quantitative estimate of drug-likeness (QED) is 0.902. The van der Waals surface area contributed by atoms with Gasteiger partial charge in [0, 0.05) is 11.3 Å². The molecule has 2 N–H and O–H groups in total. The topological polar surface area (TPSA) is 84.2 Å². The molecule has 0 unspecified atom stereocenters. The number of hydrogen-bond donors (Lipinski definition) is 2. The van der Waals surface area contributed by atoms with Crippen molar-refractivity contribution in [2.75, 3.05) is 0 Å². The summed E-state index contributed by atoms with van der Waals surface area (Å²) < 4.78 is 1.83. The van der Waals surface area contributed by atoms with Gasteiger partial charge in [-0.1, -0.05) is 17.7 Å². The summed E-state index contributed by atoms with van der Waals surface area (Å²) >= 11 is 0. The largest absolute Gasteiger partial charge is 0.480 e. The maximum absolute atomic E-state index is 12.5. The summed E-state index contributed by atoms with van der Waals surface area (Å²) in [4.78, 5) is 23.5. The number of carboxylic acid groups (broad SMARTS) is 1. The number of aryl methyl sites for hydroxylation is 1. The van der Waals surface area contributed by atoms with Gasteiger partial charge in [0.2, 0.25) is 0 Å². The van der Waals surface area contributed by atoms with Crippen molar-refractivity contribution in [3.05, 3.63) is 46.8 Å². The van der Waals surface area contributed by atoms with Gasteiger partial charge < -0.3 is 10.4 Å². The van der Waals surface area contributed by atoms with Crippen molar-refractivity contribution in [3.8, 4) is 5.69 Å². The summed E-state index contributed by atoms with van der Waals surface area (Å²) in [6.07, 6.45) is 3.75. The van der Waals surface area contributed by atoms with Crippen LogP contribution in [-0.4, -0.2) is 32.8 Å². The summed E-state index contributed by atoms with van der Waals surface area (Å²) in [6, 6.07) is 7.05. The second-order valence-corrected chi connectivity index (χ2v) is 6.26. The number of nitrogens with zero attached hydrogens (tertiary/aromatic N) is 2. The van der Waals surface area contributed by atoms with Crippen molar-refractivity contribution in [1.29, 1.82) is 0 Å². The number of amides is 1. The lowest BCUT2D eigenvalue weighted by Gasteiger charge is -2.14. The maximum Gasteiger partial charge on any atom is 0.325 e. The van der Waals surface area contributed by atoms with Crippen LogP contribution in [0.15, 0.2) is 24.3 Å². The van der Waals surface area contributed by atoms with E-state index in [-0.39, 0.29) is 0 Å². The number of rotatable bonds is 4. The second kappa shape index (κ2) is 6.47. The van der Waals surface area contributed by atoms with Crippen molar-refractivity contribution in [2.45, 2.75) is 45.6 Å². The molecule has 1 aromatic heterocycles. The molecule has 3 rings (SSSR count). The van der Waals surface area contributed by atoms with E-state index in [0.29, 0.717) is 5.69 Å². The molecular weight excluding hydrogens is 306 g/mol. The van der Waals surface area contributed by atoms with Crippen molar-refractivity contribution in [1.82, 2.24) is 15.1 Å². The summed E-state index contributed by atoms with van der Waals surface area (Å²) in [5.41, 5.74) is 4.42. The molecule has 0 radical (unpaired) electrons. The molecule has 6 nitrogen and oxygen atoms in total. The molecule has 0 saturated heterocycles. The zero-order valence-electron chi connectivity index (χ0n) is 13.9. The highest BCUT2D eigenvalue weighted by molar-refractivity contribution is 5.96. The minimum absolute atomic E-state index is 0.346. The number of aromatic nitrogens is 2. The molecular formula is C18H21N3O3. The Morgan fingerprint density at radius 2 is 1.88 bits per heavy atom. The van der Waals surface area contributed by atoms with Crippen LogP contribution in [0.3, 0.4) is 0 Å². The van der Waals surface area contributed by atoms with Gasteiger partial charge in [-0.3, -0.25) is 9.59 Å². The molecule has 0 aliphatic heterocycles. The van der Waals surface area contributed by atoms with Crippen molar-refractivity contribution in [3.63, 3.8) is 0 Å². The van der Waals surface area contributed by atoms with Gasteiger partial charge in [0.1, 0.15) is 6.04 Å². The number of benzene rings is 1. The molecule has 0 fully saturated rings. The molecule has 0 saturated carbocycles. The molecule has 1 heterocycles. The highest BCUT2D eigenvalue weighted by atomic mass is 16.4. The lowest BCUT2D eigenvalue weighted by molar-refractivity contribution is -0.138. The van der Waals surface area contributed by atoms with E-state index in [1.165, 1.54) is 6.92 Å².